The first-order chi connectivity index (χ1) is 13.9. The molecule has 1 heteroatoms. The van der Waals surface area contributed by atoms with Gasteiger partial charge in [-0.05, 0) is 40.8 Å². The summed E-state index contributed by atoms with van der Waals surface area (Å²) in [6.07, 6.45) is 1.04. The van der Waals surface area contributed by atoms with E-state index in [1.54, 1.807) is 0 Å². The molecule has 0 unspecified atom stereocenters. The Bertz CT molecular complexity index is 961. The van der Waals surface area contributed by atoms with Crippen LogP contribution >= 0.6 is 0 Å². The van der Waals surface area contributed by atoms with E-state index in [4.69, 9.17) is 0 Å². The van der Waals surface area contributed by atoms with Crippen molar-refractivity contribution in [2.75, 3.05) is 11.4 Å². The molecule has 0 fully saturated rings. The third-order valence-corrected chi connectivity index (χ3v) is 5.07. The summed E-state index contributed by atoms with van der Waals surface area (Å²) in [6, 6.07) is 40.9. The smallest absolute Gasteiger partial charge is 0.0429 e. The molecule has 0 aliphatic carbocycles. The lowest BCUT2D eigenvalue weighted by Gasteiger charge is -2.25. The quantitative estimate of drug-likeness (QED) is 0.357. The largest absolute Gasteiger partial charge is 0.367 e. The van der Waals surface area contributed by atoms with E-state index in [9.17, 15) is 0 Å². The summed E-state index contributed by atoms with van der Waals surface area (Å²) >= 11 is 0. The van der Waals surface area contributed by atoms with Gasteiger partial charge in [-0.25, -0.2) is 0 Å². The van der Waals surface area contributed by atoms with Crippen LogP contribution in [0.25, 0.3) is 11.1 Å². The summed E-state index contributed by atoms with van der Waals surface area (Å²) in [7, 11) is 0. The number of hydrogen-bond donors (Lipinski definition) is 0. The van der Waals surface area contributed by atoms with Crippen LogP contribution in [0.4, 0.5) is 5.69 Å². The van der Waals surface area contributed by atoms with Crippen LogP contribution in [0.1, 0.15) is 11.1 Å². The average Bonchev–Trinajstić information content (AvgIpc) is 2.79. The first kappa shape index (κ1) is 18.1. The van der Waals surface area contributed by atoms with Crippen molar-refractivity contribution in [3.8, 4) is 11.1 Å². The molecule has 4 rings (SSSR count). The molecule has 0 aliphatic heterocycles. The zero-order chi connectivity index (χ0) is 19.0. The first-order valence-corrected chi connectivity index (χ1v) is 9.87. The van der Waals surface area contributed by atoms with Crippen LogP contribution < -0.4 is 4.90 Å². The molecule has 0 aliphatic rings. The van der Waals surface area contributed by atoms with Gasteiger partial charge in [0.2, 0.25) is 0 Å². The second-order valence-electron chi connectivity index (χ2n) is 7.06. The van der Waals surface area contributed by atoms with Crippen LogP contribution in [0, 0.1) is 0 Å². The van der Waals surface area contributed by atoms with E-state index >= 15 is 0 Å². The topological polar surface area (TPSA) is 3.24 Å². The average molecular weight is 364 g/mol. The monoisotopic (exact) mass is 363 g/mol. The van der Waals surface area contributed by atoms with Crippen LogP contribution in [0.3, 0.4) is 0 Å². The maximum atomic E-state index is 2.46. The first-order valence-electron chi connectivity index (χ1n) is 9.87. The Morgan fingerprint density at radius 3 is 1.64 bits per heavy atom. The minimum absolute atomic E-state index is 0.909. The van der Waals surface area contributed by atoms with Gasteiger partial charge in [-0.3, -0.25) is 0 Å². The van der Waals surface area contributed by atoms with Gasteiger partial charge in [0.05, 0.1) is 0 Å². The van der Waals surface area contributed by atoms with Crippen molar-refractivity contribution in [2.24, 2.45) is 0 Å². The standard InChI is InChI=1S/C27H25N/c1-4-10-23(11-5-1)20-21-28(27-14-8-3-9-15-27)22-24-16-18-26(19-17-24)25-12-6-2-7-13-25/h1-19H,20-22H2. The zero-order valence-electron chi connectivity index (χ0n) is 16.0. The molecule has 0 heterocycles. The number of benzene rings is 4. The Kier molecular flexibility index (Phi) is 5.84. The molecule has 4 aromatic rings. The van der Waals surface area contributed by atoms with Gasteiger partial charge in [0.15, 0.2) is 0 Å². The van der Waals surface area contributed by atoms with Gasteiger partial charge in [-0.1, -0.05) is 103 Å². The highest BCUT2D eigenvalue weighted by Crippen LogP contribution is 2.22. The number of hydrogen-bond acceptors (Lipinski definition) is 1. The number of para-hydroxylation sites is 1. The number of nitrogens with zero attached hydrogens (tertiary/aromatic N) is 1. The molecule has 0 atom stereocenters. The fraction of sp³-hybridized carbons (Fsp3) is 0.111. The Morgan fingerprint density at radius 2 is 1.00 bits per heavy atom. The molecule has 0 spiro atoms. The number of rotatable bonds is 7. The predicted molar refractivity (Wildman–Crippen MR) is 120 cm³/mol. The lowest BCUT2D eigenvalue weighted by Crippen LogP contribution is -2.25. The summed E-state index contributed by atoms with van der Waals surface area (Å²) in [6.45, 7) is 1.90. The Labute approximate surface area is 167 Å². The van der Waals surface area contributed by atoms with E-state index in [0.29, 0.717) is 0 Å². The van der Waals surface area contributed by atoms with Gasteiger partial charge in [-0.2, -0.15) is 0 Å². The minimum atomic E-state index is 0.909. The Morgan fingerprint density at radius 1 is 0.464 bits per heavy atom. The molecule has 0 aromatic heterocycles. The number of anilines is 1. The van der Waals surface area contributed by atoms with Crippen LogP contribution in [-0.2, 0) is 13.0 Å². The van der Waals surface area contributed by atoms with E-state index in [-0.39, 0.29) is 0 Å². The molecular formula is C27H25N. The Balaban J connectivity index is 1.50. The molecule has 1 nitrogen and oxygen atoms in total. The van der Waals surface area contributed by atoms with E-state index < -0.39 is 0 Å². The van der Waals surface area contributed by atoms with Crippen LogP contribution in [0.2, 0.25) is 0 Å². The minimum Gasteiger partial charge on any atom is -0.367 e. The molecule has 0 saturated heterocycles. The molecule has 0 N–H and O–H groups in total. The summed E-state index contributed by atoms with van der Waals surface area (Å²) < 4.78 is 0. The van der Waals surface area contributed by atoms with Gasteiger partial charge in [0, 0.05) is 18.8 Å². The highest BCUT2D eigenvalue weighted by atomic mass is 15.1. The summed E-state index contributed by atoms with van der Waals surface area (Å²) in [5, 5.41) is 0. The lowest BCUT2D eigenvalue weighted by atomic mass is 10.0. The van der Waals surface area contributed by atoms with E-state index in [2.05, 4.69) is 120 Å². The molecule has 138 valence electrons. The fourth-order valence-electron chi connectivity index (χ4n) is 3.50. The SMILES string of the molecule is c1ccc(CCN(Cc2ccc(-c3ccccc3)cc2)c2ccccc2)cc1. The fourth-order valence-corrected chi connectivity index (χ4v) is 3.50. The van der Waals surface area contributed by atoms with Gasteiger partial charge in [0.1, 0.15) is 0 Å². The van der Waals surface area contributed by atoms with E-state index in [1.807, 2.05) is 0 Å². The highest BCUT2D eigenvalue weighted by molar-refractivity contribution is 5.63. The molecule has 28 heavy (non-hydrogen) atoms. The van der Waals surface area contributed by atoms with Crippen molar-refractivity contribution in [3.05, 3.63) is 126 Å². The zero-order valence-corrected chi connectivity index (χ0v) is 16.0. The summed E-state index contributed by atoms with van der Waals surface area (Å²) in [4.78, 5) is 2.46. The van der Waals surface area contributed by atoms with Crippen molar-refractivity contribution in [1.82, 2.24) is 0 Å². The van der Waals surface area contributed by atoms with Crippen LogP contribution in [0.15, 0.2) is 115 Å². The normalized spacial score (nSPS) is 10.6. The maximum absolute atomic E-state index is 2.46. The molecule has 0 bridgehead atoms. The van der Waals surface area contributed by atoms with Gasteiger partial charge < -0.3 is 4.90 Å². The Hall–Kier alpha value is -3.32. The summed E-state index contributed by atoms with van der Waals surface area (Å²) in [5.41, 5.74) is 6.50. The second kappa shape index (κ2) is 9.05. The summed E-state index contributed by atoms with van der Waals surface area (Å²) in [5.74, 6) is 0. The van der Waals surface area contributed by atoms with Crippen molar-refractivity contribution in [2.45, 2.75) is 13.0 Å². The van der Waals surface area contributed by atoms with Crippen molar-refractivity contribution >= 4 is 5.69 Å². The van der Waals surface area contributed by atoms with Crippen molar-refractivity contribution < 1.29 is 0 Å². The second-order valence-corrected chi connectivity index (χ2v) is 7.06. The van der Waals surface area contributed by atoms with Gasteiger partial charge in [-0.15, -0.1) is 0 Å². The van der Waals surface area contributed by atoms with Crippen molar-refractivity contribution in [3.63, 3.8) is 0 Å². The lowest BCUT2D eigenvalue weighted by molar-refractivity contribution is 0.782. The van der Waals surface area contributed by atoms with Gasteiger partial charge in [0.25, 0.3) is 0 Å². The maximum Gasteiger partial charge on any atom is 0.0429 e. The van der Waals surface area contributed by atoms with Crippen molar-refractivity contribution in [1.29, 1.82) is 0 Å². The third-order valence-electron chi connectivity index (χ3n) is 5.07. The van der Waals surface area contributed by atoms with E-state index in [0.717, 1.165) is 19.5 Å². The van der Waals surface area contributed by atoms with E-state index in [1.165, 1.54) is 27.9 Å². The van der Waals surface area contributed by atoms with Gasteiger partial charge >= 0.3 is 0 Å². The molecule has 0 radical (unpaired) electrons. The predicted octanol–water partition coefficient (Wildman–Crippen LogP) is 6.60. The highest BCUT2D eigenvalue weighted by Gasteiger charge is 2.08. The molecule has 4 aromatic carbocycles. The molecular weight excluding hydrogens is 338 g/mol. The third kappa shape index (κ3) is 4.69. The molecule has 0 saturated carbocycles. The van der Waals surface area contributed by atoms with Crippen LogP contribution in [0.5, 0.6) is 0 Å². The van der Waals surface area contributed by atoms with Crippen LogP contribution in [-0.4, -0.2) is 6.54 Å². The molecule has 0 amide bonds.